The number of hydrogen-bond donors (Lipinski definition) is 4. The molecule has 1 aliphatic heterocycles. The predicted octanol–water partition coefficient (Wildman–Crippen LogP) is 1.62. The first kappa shape index (κ1) is 19.8. The minimum atomic E-state index is -0.519. The smallest absolute Gasteiger partial charge is 0.291 e. The van der Waals surface area contributed by atoms with Crippen LogP contribution in [0.3, 0.4) is 0 Å². The van der Waals surface area contributed by atoms with Crippen molar-refractivity contribution in [1.29, 1.82) is 0 Å². The molecule has 2 atom stereocenters. The van der Waals surface area contributed by atoms with Crippen LogP contribution in [-0.4, -0.2) is 42.7 Å². The Morgan fingerprint density at radius 3 is 2.73 bits per heavy atom. The summed E-state index contributed by atoms with van der Waals surface area (Å²) in [6.45, 7) is 0.394. The summed E-state index contributed by atoms with van der Waals surface area (Å²) in [5.41, 5.74) is 0.907. The molecular formula is C17H20ClN3O5. The number of rotatable bonds is 5. The Hall–Kier alpha value is -2.55. The lowest BCUT2D eigenvalue weighted by Gasteiger charge is -2.14. The van der Waals surface area contributed by atoms with Crippen LogP contribution >= 0.6 is 12.4 Å². The third-order valence-corrected chi connectivity index (χ3v) is 3.88. The first-order valence-electron chi connectivity index (χ1n) is 7.82. The van der Waals surface area contributed by atoms with E-state index >= 15 is 0 Å². The number of carbonyl (C=O) groups excluding carboxylic acids is 2. The van der Waals surface area contributed by atoms with Gasteiger partial charge in [0.05, 0.1) is 31.2 Å². The van der Waals surface area contributed by atoms with Gasteiger partial charge in [-0.05, 0) is 36.8 Å². The number of carbonyl (C=O) groups is 2. The number of furan rings is 1. The van der Waals surface area contributed by atoms with Crippen LogP contribution in [-0.2, 0) is 4.79 Å². The molecule has 9 heteroatoms. The van der Waals surface area contributed by atoms with Crippen LogP contribution in [0, 0.1) is 0 Å². The van der Waals surface area contributed by atoms with Crippen LogP contribution in [0.4, 0.5) is 11.4 Å². The molecule has 0 aliphatic carbocycles. The molecule has 4 N–H and O–H groups in total. The highest BCUT2D eigenvalue weighted by Gasteiger charge is 2.28. The van der Waals surface area contributed by atoms with E-state index in [1.54, 1.807) is 30.3 Å². The number of amides is 2. The van der Waals surface area contributed by atoms with Crippen molar-refractivity contribution in [2.75, 3.05) is 24.3 Å². The lowest BCUT2D eigenvalue weighted by Crippen LogP contribution is -2.35. The molecule has 26 heavy (non-hydrogen) atoms. The quantitative estimate of drug-likeness (QED) is 0.626. The van der Waals surface area contributed by atoms with Gasteiger partial charge in [0.2, 0.25) is 5.91 Å². The normalized spacial score (nSPS) is 18.7. The van der Waals surface area contributed by atoms with Gasteiger partial charge in [-0.1, -0.05) is 0 Å². The van der Waals surface area contributed by atoms with Crippen molar-refractivity contribution >= 4 is 35.6 Å². The molecule has 1 fully saturated rings. The summed E-state index contributed by atoms with van der Waals surface area (Å²) < 4.78 is 10.3. The number of benzene rings is 1. The molecule has 0 saturated carbocycles. The molecule has 1 aromatic carbocycles. The van der Waals surface area contributed by atoms with Crippen molar-refractivity contribution in [2.45, 2.75) is 18.6 Å². The number of nitrogens with one attached hydrogen (secondary N) is 3. The molecule has 140 valence electrons. The largest absolute Gasteiger partial charge is 0.495 e. The molecule has 0 bridgehead atoms. The molecule has 3 rings (SSSR count). The fraction of sp³-hybridized carbons (Fsp3) is 0.294. The third kappa shape index (κ3) is 4.54. The molecule has 1 aromatic heterocycles. The third-order valence-electron chi connectivity index (χ3n) is 3.88. The first-order chi connectivity index (χ1) is 12.1. The number of methoxy groups -OCH3 is 1. The zero-order valence-electron chi connectivity index (χ0n) is 14.0. The van der Waals surface area contributed by atoms with Crippen LogP contribution in [0.25, 0.3) is 0 Å². The second-order valence-electron chi connectivity index (χ2n) is 5.69. The summed E-state index contributed by atoms with van der Waals surface area (Å²) in [4.78, 5) is 24.4. The number of aliphatic hydroxyl groups excluding tert-OH is 1. The maximum Gasteiger partial charge on any atom is 0.291 e. The molecular weight excluding hydrogens is 362 g/mol. The van der Waals surface area contributed by atoms with Crippen molar-refractivity contribution in [2.24, 2.45) is 0 Å². The second-order valence-corrected chi connectivity index (χ2v) is 5.69. The Bertz CT molecular complexity index is 766. The van der Waals surface area contributed by atoms with E-state index in [0.29, 0.717) is 30.1 Å². The van der Waals surface area contributed by atoms with Gasteiger partial charge in [0, 0.05) is 12.2 Å². The summed E-state index contributed by atoms with van der Waals surface area (Å²) in [5, 5.41) is 17.9. The minimum Gasteiger partial charge on any atom is -0.495 e. The second kappa shape index (κ2) is 8.70. The van der Waals surface area contributed by atoms with E-state index in [0.717, 1.165) is 0 Å². The van der Waals surface area contributed by atoms with E-state index in [1.165, 1.54) is 13.4 Å². The van der Waals surface area contributed by atoms with Crippen molar-refractivity contribution in [1.82, 2.24) is 5.32 Å². The van der Waals surface area contributed by atoms with E-state index in [4.69, 9.17) is 9.15 Å². The zero-order valence-corrected chi connectivity index (χ0v) is 14.8. The topological polar surface area (TPSA) is 113 Å². The number of aliphatic hydroxyl groups is 1. The Morgan fingerprint density at radius 1 is 1.31 bits per heavy atom. The highest BCUT2D eigenvalue weighted by Crippen LogP contribution is 2.28. The maximum atomic E-state index is 12.2. The average molecular weight is 382 g/mol. The van der Waals surface area contributed by atoms with Gasteiger partial charge in [-0.25, -0.2) is 0 Å². The summed E-state index contributed by atoms with van der Waals surface area (Å²) in [7, 11) is 1.49. The lowest BCUT2D eigenvalue weighted by atomic mass is 10.2. The Kier molecular flexibility index (Phi) is 6.62. The van der Waals surface area contributed by atoms with Crippen LogP contribution < -0.4 is 20.7 Å². The van der Waals surface area contributed by atoms with E-state index < -0.39 is 18.1 Å². The molecule has 0 spiro atoms. The molecule has 2 amide bonds. The Balaban J connectivity index is 0.00000243. The standard InChI is InChI=1S/C17H19N3O5.ClH/c1-24-14-5-4-10(19-16(22)13-8-11(21)9-18-13)7-12(14)20-17(23)15-3-2-6-25-15;/h2-7,11,13,18,21H,8-9H2,1H3,(H,19,22)(H,20,23);1H/t11-,13-;/m1./s1. The van der Waals surface area contributed by atoms with Crippen LogP contribution in [0.2, 0.25) is 0 Å². The summed E-state index contributed by atoms with van der Waals surface area (Å²) in [6, 6.07) is 7.63. The molecule has 8 nitrogen and oxygen atoms in total. The summed E-state index contributed by atoms with van der Waals surface area (Å²) >= 11 is 0. The van der Waals surface area contributed by atoms with Crippen molar-refractivity contribution in [3.8, 4) is 5.75 Å². The number of ether oxygens (including phenoxy) is 1. The van der Waals surface area contributed by atoms with Crippen LogP contribution in [0.15, 0.2) is 41.0 Å². The number of β-amino-alcohol motifs (C(OH)–C–C–N with tert-alkyl or cyclic N) is 1. The van der Waals surface area contributed by atoms with Gasteiger partial charge in [0.15, 0.2) is 5.76 Å². The average Bonchev–Trinajstić information content (AvgIpc) is 3.26. The van der Waals surface area contributed by atoms with E-state index in [9.17, 15) is 14.7 Å². The molecule has 2 heterocycles. The fourth-order valence-corrected chi connectivity index (χ4v) is 2.62. The van der Waals surface area contributed by atoms with Gasteiger partial charge in [-0.3, -0.25) is 9.59 Å². The molecule has 1 aliphatic rings. The van der Waals surface area contributed by atoms with Crippen LogP contribution in [0.1, 0.15) is 17.0 Å². The van der Waals surface area contributed by atoms with Gasteiger partial charge in [0.25, 0.3) is 5.91 Å². The summed E-state index contributed by atoms with van der Waals surface area (Å²) in [5.74, 6) is -0.0506. The highest BCUT2D eigenvalue weighted by atomic mass is 35.5. The number of halogens is 1. The van der Waals surface area contributed by atoms with Crippen molar-refractivity contribution in [3.63, 3.8) is 0 Å². The van der Waals surface area contributed by atoms with Gasteiger partial charge in [0.1, 0.15) is 5.75 Å². The monoisotopic (exact) mass is 381 g/mol. The van der Waals surface area contributed by atoms with E-state index in [1.807, 2.05) is 0 Å². The lowest BCUT2D eigenvalue weighted by molar-refractivity contribution is -0.117. The molecule has 0 radical (unpaired) electrons. The van der Waals surface area contributed by atoms with Gasteiger partial charge in [-0.2, -0.15) is 0 Å². The number of hydrogen-bond acceptors (Lipinski definition) is 6. The van der Waals surface area contributed by atoms with Crippen molar-refractivity contribution < 1.29 is 23.8 Å². The first-order valence-corrected chi connectivity index (χ1v) is 7.82. The van der Waals surface area contributed by atoms with Crippen LogP contribution in [0.5, 0.6) is 5.75 Å². The predicted molar refractivity (Wildman–Crippen MR) is 97.9 cm³/mol. The number of anilines is 2. The summed E-state index contributed by atoms with van der Waals surface area (Å²) in [6.07, 6.45) is 1.25. The van der Waals surface area contributed by atoms with Crippen molar-refractivity contribution in [3.05, 3.63) is 42.4 Å². The zero-order chi connectivity index (χ0) is 17.8. The highest BCUT2D eigenvalue weighted by molar-refractivity contribution is 6.04. The van der Waals surface area contributed by atoms with Gasteiger partial charge in [-0.15, -0.1) is 12.4 Å². The van der Waals surface area contributed by atoms with Gasteiger partial charge < -0.3 is 30.2 Å². The van der Waals surface area contributed by atoms with Gasteiger partial charge >= 0.3 is 0 Å². The SMILES string of the molecule is COc1ccc(NC(=O)[C@H]2C[C@@H](O)CN2)cc1NC(=O)c1ccco1.Cl. The minimum absolute atomic E-state index is 0. The molecule has 0 unspecified atom stereocenters. The van der Waals surface area contributed by atoms with E-state index in [2.05, 4.69) is 16.0 Å². The molecule has 2 aromatic rings. The fourth-order valence-electron chi connectivity index (χ4n) is 2.62. The van der Waals surface area contributed by atoms with E-state index in [-0.39, 0.29) is 24.1 Å². The Morgan fingerprint density at radius 2 is 2.12 bits per heavy atom. The Labute approximate surface area is 156 Å². The molecule has 1 saturated heterocycles. The maximum absolute atomic E-state index is 12.2.